The monoisotopic (exact) mass is 429 g/mol. The first-order valence-corrected chi connectivity index (χ1v) is 10.2. The summed E-state index contributed by atoms with van der Waals surface area (Å²) in [7, 11) is 7.01. The minimum absolute atomic E-state index is 0.240. The molecule has 2 aliphatic rings. The van der Waals surface area contributed by atoms with Gasteiger partial charge in [-0.15, -0.1) is 0 Å². The third kappa shape index (κ3) is 2.64. The first kappa shape index (κ1) is 19.8. The lowest BCUT2D eigenvalue weighted by Gasteiger charge is -2.43. The number of anilines is 1. The van der Waals surface area contributed by atoms with Crippen LogP contribution in [0.1, 0.15) is 11.1 Å². The van der Waals surface area contributed by atoms with E-state index in [4.69, 9.17) is 4.99 Å². The molecule has 0 aliphatic carbocycles. The molecule has 3 heterocycles. The number of carbonyl (C=O) groups excluding carboxylic acids is 2. The number of H-pyrrole nitrogens is 1. The number of urea groups is 1. The molecule has 2 aliphatic heterocycles. The summed E-state index contributed by atoms with van der Waals surface area (Å²) in [5.41, 5.74) is 4.80. The van der Waals surface area contributed by atoms with Crippen LogP contribution in [0.25, 0.3) is 10.9 Å². The number of carbonyl (C=O) groups is 2. The Balaban J connectivity index is 1.75. The summed E-state index contributed by atoms with van der Waals surface area (Å²) in [5, 5.41) is 5.33. The van der Waals surface area contributed by atoms with Gasteiger partial charge in [-0.05, 0) is 30.3 Å². The minimum atomic E-state index is -1.50. The van der Waals surface area contributed by atoms with Crippen molar-refractivity contribution < 1.29 is 9.59 Å². The van der Waals surface area contributed by atoms with Crippen LogP contribution in [-0.4, -0.2) is 66.6 Å². The van der Waals surface area contributed by atoms with Gasteiger partial charge in [-0.3, -0.25) is 20.0 Å². The highest BCUT2D eigenvalue weighted by Crippen LogP contribution is 2.40. The zero-order valence-electron chi connectivity index (χ0n) is 18.2. The van der Waals surface area contributed by atoms with E-state index in [1.54, 1.807) is 13.2 Å². The van der Waals surface area contributed by atoms with E-state index < -0.39 is 17.5 Å². The Morgan fingerprint density at radius 2 is 1.69 bits per heavy atom. The van der Waals surface area contributed by atoms with Gasteiger partial charge in [0, 0.05) is 62.1 Å². The second-order valence-electron chi connectivity index (χ2n) is 8.11. The maximum atomic E-state index is 13.7. The fourth-order valence-electron chi connectivity index (χ4n) is 4.25. The summed E-state index contributed by atoms with van der Waals surface area (Å²) in [6, 6.07) is 15.0. The Morgan fingerprint density at radius 1 is 0.969 bits per heavy atom. The number of benzene rings is 2. The van der Waals surface area contributed by atoms with E-state index in [-0.39, 0.29) is 5.84 Å². The summed E-state index contributed by atoms with van der Waals surface area (Å²) in [5.74, 6) is 0.242. The molecule has 1 fully saturated rings. The van der Waals surface area contributed by atoms with Crippen molar-refractivity contribution in [2.45, 2.75) is 5.54 Å². The molecule has 0 spiro atoms. The summed E-state index contributed by atoms with van der Waals surface area (Å²) in [6.45, 7) is 0. The van der Waals surface area contributed by atoms with E-state index in [1.165, 1.54) is 11.9 Å². The lowest BCUT2D eigenvalue weighted by atomic mass is 9.84. The molecule has 0 saturated carbocycles. The smallest absolute Gasteiger partial charge is 0.331 e. The summed E-state index contributed by atoms with van der Waals surface area (Å²) in [6.07, 6.45) is 1.77. The van der Waals surface area contributed by atoms with Crippen molar-refractivity contribution in [3.05, 3.63) is 65.9 Å². The number of aromatic amines is 1. The van der Waals surface area contributed by atoms with E-state index in [9.17, 15) is 9.59 Å². The third-order valence-electron chi connectivity index (χ3n) is 6.01. The molecule has 9 heteroatoms. The van der Waals surface area contributed by atoms with Crippen molar-refractivity contribution in [2.24, 2.45) is 10.1 Å². The predicted molar refractivity (Wildman–Crippen MR) is 124 cm³/mol. The molecular weight excluding hydrogens is 406 g/mol. The van der Waals surface area contributed by atoms with Gasteiger partial charge in [-0.1, -0.05) is 18.2 Å². The maximum absolute atomic E-state index is 13.7. The number of hydrogen-bond acceptors (Lipinski definition) is 6. The number of nitrogens with zero attached hydrogens (tertiary/aromatic N) is 5. The first-order chi connectivity index (χ1) is 15.3. The number of amides is 3. The number of aliphatic imine (C=N–C) groups is 1. The molecular formula is C23H23N7O2. The van der Waals surface area contributed by atoms with Crippen molar-refractivity contribution in [1.29, 1.82) is 0 Å². The van der Waals surface area contributed by atoms with Gasteiger partial charge in [0.15, 0.2) is 11.7 Å². The second-order valence-corrected chi connectivity index (χ2v) is 8.11. The average molecular weight is 429 g/mol. The van der Waals surface area contributed by atoms with Gasteiger partial charge < -0.3 is 9.88 Å². The molecule has 3 amide bonds. The molecule has 0 bridgehead atoms. The zero-order chi connectivity index (χ0) is 22.6. The summed E-state index contributed by atoms with van der Waals surface area (Å²) < 4.78 is 0. The molecule has 1 aromatic heterocycles. The van der Waals surface area contributed by atoms with Crippen LogP contribution in [-0.2, 0) is 10.3 Å². The SMILES string of the molecule is CN1C(=O)N(C)C2=NNC(c3ccc(N(C)C)cc3)=N[C@@]2(c2c[nH]c3ccccc23)C1=O. The Kier molecular flexibility index (Phi) is 4.30. The number of fused-ring (bicyclic) bond motifs is 2. The van der Waals surface area contributed by atoms with Crippen molar-refractivity contribution in [3.63, 3.8) is 0 Å². The molecule has 2 N–H and O–H groups in total. The van der Waals surface area contributed by atoms with E-state index >= 15 is 0 Å². The Morgan fingerprint density at radius 3 is 2.41 bits per heavy atom. The van der Waals surface area contributed by atoms with Gasteiger partial charge in [0.25, 0.3) is 5.91 Å². The molecule has 0 radical (unpaired) electrons. The fourth-order valence-corrected chi connectivity index (χ4v) is 4.25. The number of likely N-dealkylation sites (N-methyl/N-ethyl adjacent to an activating group) is 2. The highest BCUT2D eigenvalue weighted by Gasteiger charge is 2.57. The molecule has 1 saturated heterocycles. The Labute approximate surface area is 185 Å². The highest BCUT2D eigenvalue weighted by atomic mass is 16.2. The predicted octanol–water partition coefficient (Wildman–Crippen LogP) is 2.32. The lowest BCUT2D eigenvalue weighted by Crippen LogP contribution is -2.66. The number of para-hydroxylation sites is 1. The van der Waals surface area contributed by atoms with E-state index in [0.29, 0.717) is 11.4 Å². The lowest BCUT2D eigenvalue weighted by molar-refractivity contribution is -0.132. The van der Waals surface area contributed by atoms with E-state index in [0.717, 1.165) is 27.1 Å². The highest BCUT2D eigenvalue weighted by molar-refractivity contribution is 6.27. The number of aromatic nitrogens is 1. The van der Waals surface area contributed by atoms with E-state index in [1.807, 2.05) is 67.5 Å². The van der Waals surface area contributed by atoms with Gasteiger partial charge in [0.1, 0.15) is 0 Å². The van der Waals surface area contributed by atoms with Gasteiger partial charge in [-0.2, -0.15) is 5.10 Å². The number of hydrogen-bond donors (Lipinski definition) is 2. The maximum Gasteiger partial charge on any atom is 0.331 e. The van der Waals surface area contributed by atoms with Gasteiger partial charge in [0.2, 0.25) is 5.54 Å². The van der Waals surface area contributed by atoms with Crippen molar-refractivity contribution >= 4 is 40.2 Å². The number of rotatable bonds is 3. The second kappa shape index (κ2) is 6.94. The van der Waals surface area contributed by atoms with Gasteiger partial charge in [-0.25, -0.2) is 9.79 Å². The molecule has 0 unspecified atom stereocenters. The van der Waals surface area contributed by atoms with Crippen molar-refractivity contribution in [3.8, 4) is 0 Å². The topological polar surface area (TPSA) is 96.4 Å². The average Bonchev–Trinajstić information content (AvgIpc) is 3.25. The normalized spacial score (nSPS) is 20.6. The van der Waals surface area contributed by atoms with Gasteiger partial charge in [0.05, 0.1) is 0 Å². The molecule has 5 rings (SSSR count). The first-order valence-electron chi connectivity index (χ1n) is 10.2. The van der Waals surface area contributed by atoms with Crippen LogP contribution in [0, 0.1) is 0 Å². The number of hydrazone groups is 1. The number of amidine groups is 2. The summed E-state index contributed by atoms with van der Waals surface area (Å²) >= 11 is 0. The van der Waals surface area contributed by atoms with Crippen molar-refractivity contribution in [1.82, 2.24) is 20.2 Å². The van der Waals surface area contributed by atoms with Crippen LogP contribution in [0.4, 0.5) is 10.5 Å². The largest absolute Gasteiger partial charge is 0.378 e. The molecule has 1 atom stereocenters. The van der Waals surface area contributed by atoms with Crippen molar-refractivity contribution in [2.75, 3.05) is 33.1 Å². The molecule has 9 nitrogen and oxygen atoms in total. The summed E-state index contributed by atoms with van der Waals surface area (Å²) in [4.78, 5) is 39.1. The third-order valence-corrected chi connectivity index (χ3v) is 6.01. The van der Waals surface area contributed by atoms with Crippen LogP contribution in [0.15, 0.2) is 64.8 Å². The van der Waals surface area contributed by atoms with E-state index in [2.05, 4.69) is 15.5 Å². The fraction of sp³-hybridized carbons (Fsp3) is 0.217. The Hall–Kier alpha value is -4.14. The number of imide groups is 1. The standard InChI is InChI=1S/C23H23N7O2/c1-28(2)15-11-9-14(10-12-15)19-25-23(17-13-24-18-8-6-5-7-16(17)18)20(27-26-19)29(3)22(32)30(4)21(23)31/h5-13,24H,1-4H3,(H,25,26)/t23-/m1/s1. The zero-order valence-corrected chi connectivity index (χ0v) is 18.2. The Bertz CT molecular complexity index is 1310. The molecule has 3 aromatic rings. The van der Waals surface area contributed by atoms with Crippen LogP contribution < -0.4 is 10.3 Å². The molecule has 162 valence electrons. The molecule has 2 aromatic carbocycles. The number of nitrogens with one attached hydrogen (secondary N) is 2. The molecule has 32 heavy (non-hydrogen) atoms. The van der Waals surface area contributed by atoms with Crippen LogP contribution in [0.5, 0.6) is 0 Å². The minimum Gasteiger partial charge on any atom is -0.378 e. The van der Waals surface area contributed by atoms with Crippen LogP contribution >= 0.6 is 0 Å². The van der Waals surface area contributed by atoms with Gasteiger partial charge >= 0.3 is 6.03 Å². The quantitative estimate of drug-likeness (QED) is 0.668. The van der Waals surface area contributed by atoms with Crippen LogP contribution in [0.3, 0.4) is 0 Å². The van der Waals surface area contributed by atoms with Crippen LogP contribution in [0.2, 0.25) is 0 Å².